The molecule has 10 heteroatoms. The molecule has 0 atom stereocenters. The summed E-state index contributed by atoms with van der Waals surface area (Å²) in [7, 11) is 0. The van der Waals surface area contributed by atoms with Gasteiger partial charge in [0.25, 0.3) is 0 Å². The van der Waals surface area contributed by atoms with E-state index in [-0.39, 0.29) is 5.69 Å². The molecule has 0 spiro atoms. The Morgan fingerprint density at radius 2 is 1.73 bits per heavy atom. The van der Waals surface area contributed by atoms with Gasteiger partial charge in [-0.15, -0.1) is 5.11 Å². The summed E-state index contributed by atoms with van der Waals surface area (Å²) in [4.78, 5) is 11.2. The number of nitrogens with one attached hydrogen (secondary N) is 1. The molecule has 0 aromatic heterocycles. The highest BCUT2D eigenvalue weighted by Gasteiger charge is 2.34. The van der Waals surface area contributed by atoms with Crippen molar-refractivity contribution in [2.45, 2.75) is 6.18 Å². The number of carbonyl (C=O) groups excluding carboxylic acids is 1. The average molecular weight is 373 g/mol. The van der Waals surface area contributed by atoms with Crippen LogP contribution in [0.1, 0.15) is 5.56 Å². The minimum atomic E-state index is -4.83. The van der Waals surface area contributed by atoms with Crippen LogP contribution in [0.3, 0.4) is 0 Å². The lowest BCUT2D eigenvalue weighted by atomic mass is 10.1. The van der Waals surface area contributed by atoms with Crippen LogP contribution in [0.4, 0.5) is 43.4 Å². The fraction of sp³-hybridized carbons (Fsp3) is 0.0625. The number of amides is 1. The molecule has 1 amide bonds. The van der Waals surface area contributed by atoms with E-state index in [1.54, 1.807) is 0 Å². The SMILES string of the molecule is C=CC(=O)Nc1ccc(N=Nc2ccc(F)c(F)c2F)cc1C(F)(F)F. The van der Waals surface area contributed by atoms with Crippen molar-refractivity contribution in [2.75, 3.05) is 5.32 Å². The summed E-state index contributed by atoms with van der Waals surface area (Å²) in [5, 5.41) is 8.66. The Morgan fingerprint density at radius 3 is 2.35 bits per heavy atom. The van der Waals surface area contributed by atoms with E-state index >= 15 is 0 Å². The Labute approximate surface area is 142 Å². The Balaban J connectivity index is 2.40. The van der Waals surface area contributed by atoms with E-state index in [1.807, 2.05) is 5.32 Å². The largest absolute Gasteiger partial charge is 0.418 e. The number of alkyl halides is 3. The number of carbonyl (C=O) groups is 1. The van der Waals surface area contributed by atoms with E-state index in [1.165, 1.54) is 0 Å². The van der Waals surface area contributed by atoms with Crippen LogP contribution in [0.15, 0.2) is 53.2 Å². The molecule has 0 aliphatic rings. The van der Waals surface area contributed by atoms with Gasteiger partial charge in [-0.2, -0.15) is 18.3 Å². The third-order valence-electron chi connectivity index (χ3n) is 3.04. The van der Waals surface area contributed by atoms with E-state index in [9.17, 15) is 31.1 Å². The number of hydrogen-bond acceptors (Lipinski definition) is 3. The minimum Gasteiger partial charge on any atom is -0.322 e. The van der Waals surface area contributed by atoms with Crippen LogP contribution in [0, 0.1) is 17.5 Å². The number of hydrogen-bond donors (Lipinski definition) is 1. The van der Waals surface area contributed by atoms with Crippen LogP contribution in [0.25, 0.3) is 0 Å². The third-order valence-corrected chi connectivity index (χ3v) is 3.04. The van der Waals surface area contributed by atoms with Gasteiger partial charge in [0.05, 0.1) is 16.9 Å². The molecule has 0 bridgehead atoms. The summed E-state index contributed by atoms with van der Waals surface area (Å²) in [6.45, 7) is 3.13. The summed E-state index contributed by atoms with van der Waals surface area (Å²) in [6, 6.07) is 3.91. The fourth-order valence-corrected chi connectivity index (χ4v) is 1.83. The minimum absolute atomic E-state index is 0.349. The van der Waals surface area contributed by atoms with Crippen LogP contribution in [-0.2, 0) is 11.0 Å². The molecule has 136 valence electrons. The molecule has 0 heterocycles. The lowest BCUT2D eigenvalue weighted by Crippen LogP contribution is -2.14. The predicted molar refractivity (Wildman–Crippen MR) is 80.8 cm³/mol. The number of halogens is 6. The van der Waals surface area contributed by atoms with Crippen molar-refractivity contribution in [1.29, 1.82) is 0 Å². The molecule has 0 unspecified atom stereocenters. The number of anilines is 1. The van der Waals surface area contributed by atoms with Crippen molar-refractivity contribution in [1.82, 2.24) is 0 Å². The van der Waals surface area contributed by atoms with Crippen molar-refractivity contribution in [3.63, 3.8) is 0 Å². The molecule has 0 fully saturated rings. The molecule has 2 rings (SSSR count). The van der Waals surface area contributed by atoms with Gasteiger partial charge in [-0.25, -0.2) is 13.2 Å². The van der Waals surface area contributed by atoms with E-state index in [2.05, 4.69) is 16.8 Å². The van der Waals surface area contributed by atoms with Gasteiger partial charge in [0.1, 0.15) is 5.69 Å². The molecule has 1 N–H and O–H groups in total. The molecular formula is C16H9F6N3O. The smallest absolute Gasteiger partial charge is 0.322 e. The Kier molecular flexibility index (Phi) is 5.44. The summed E-state index contributed by atoms with van der Waals surface area (Å²) in [5.41, 5.74) is -2.81. The number of benzene rings is 2. The highest BCUT2D eigenvalue weighted by atomic mass is 19.4. The molecule has 26 heavy (non-hydrogen) atoms. The van der Waals surface area contributed by atoms with Gasteiger partial charge >= 0.3 is 6.18 Å². The zero-order chi connectivity index (χ0) is 19.5. The Hall–Kier alpha value is -3.17. The summed E-state index contributed by atoms with van der Waals surface area (Å²) in [6.07, 6.45) is -4.04. The van der Waals surface area contributed by atoms with Crippen molar-refractivity contribution in [2.24, 2.45) is 10.2 Å². The van der Waals surface area contributed by atoms with Gasteiger partial charge in [-0.1, -0.05) is 6.58 Å². The first-order valence-electron chi connectivity index (χ1n) is 6.83. The molecule has 2 aromatic rings. The molecule has 2 aromatic carbocycles. The van der Waals surface area contributed by atoms with Gasteiger partial charge < -0.3 is 5.32 Å². The lowest BCUT2D eigenvalue weighted by Gasteiger charge is -2.13. The van der Waals surface area contributed by atoms with Gasteiger partial charge in [0, 0.05) is 0 Å². The van der Waals surface area contributed by atoms with Gasteiger partial charge in [-0.05, 0) is 36.4 Å². The highest BCUT2D eigenvalue weighted by molar-refractivity contribution is 5.99. The highest BCUT2D eigenvalue weighted by Crippen LogP contribution is 2.37. The topological polar surface area (TPSA) is 53.8 Å². The van der Waals surface area contributed by atoms with Crippen molar-refractivity contribution < 1.29 is 31.1 Å². The van der Waals surface area contributed by atoms with Crippen molar-refractivity contribution in [3.8, 4) is 0 Å². The first-order valence-corrected chi connectivity index (χ1v) is 6.83. The number of rotatable bonds is 4. The van der Waals surface area contributed by atoms with Crippen molar-refractivity contribution >= 4 is 23.0 Å². The second kappa shape index (κ2) is 7.38. The maximum atomic E-state index is 13.5. The Morgan fingerprint density at radius 1 is 1.04 bits per heavy atom. The molecule has 0 saturated carbocycles. The van der Waals surface area contributed by atoms with E-state index in [4.69, 9.17) is 0 Å². The Bertz CT molecular complexity index is 892. The predicted octanol–water partition coefficient (Wildman–Crippen LogP) is 5.66. The van der Waals surface area contributed by atoms with Crippen LogP contribution >= 0.6 is 0 Å². The first-order chi connectivity index (χ1) is 12.1. The van der Waals surface area contributed by atoms with E-state index in [0.717, 1.165) is 24.3 Å². The normalized spacial score (nSPS) is 11.6. The molecule has 0 aliphatic carbocycles. The lowest BCUT2D eigenvalue weighted by molar-refractivity contribution is -0.136. The molecule has 4 nitrogen and oxygen atoms in total. The molecular weight excluding hydrogens is 364 g/mol. The fourth-order valence-electron chi connectivity index (χ4n) is 1.83. The molecule has 0 radical (unpaired) electrons. The van der Waals surface area contributed by atoms with E-state index < -0.39 is 46.5 Å². The van der Waals surface area contributed by atoms with Crippen LogP contribution in [-0.4, -0.2) is 5.91 Å². The quantitative estimate of drug-likeness (QED) is 0.320. The zero-order valence-electron chi connectivity index (χ0n) is 12.7. The average Bonchev–Trinajstić information content (AvgIpc) is 2.59. The maximum absolute atomic E-state index is 13.5. The van der Waals surface area contributed by atoms with Gasteiger partial charge in [-0.3, -0.25) is 4.79 Å². The summed E-state index contributed by atoms with van der Waals surface area (Å²) in [5.74, 6) is -5.70. The first kappa shape index (κ1) is 19.2. The van der Waals surface area contributed by atoms with Gasteiger partial charge in [0.15, 0.2) is 17.5 Å². The monoisotopic (exact) mass is 373 g/mol. The van der Waals surface area contributed by atoms with Gasteiger partial charge in [0.2, 0.25) is 5.91 Å². The summed E-state index contributed by atoms with van der Waals surface area (Å²) >= 11 is 0. The van der Waals surface area contributed by atoms with Crippen LogP contribution in [0.5, 0.6) is 0 Å². The van der Waals surface area contributed by atoms with E-state index in [0.29, 0.717) is 12.1 Å². The third kappa shape index (κ3) is 4.26. The maximum Gasteiger partial charge on any atom is 0.418 e. The molecule has 0 aliphatic heterocycles. The summed E-state index contributed by atoms with van der Waals surface area (Å²) < 4.78 is 78.7. The number of azo groups is 1. The zero-order valence-corrected chi connectivity index (χ0v) is 12.7. The standard InChI is InChI=1S/C16H9F6N3O/c1-2-13(26)23-11-5-3-8(7-9(11)16(20,21)22)24-25-12-6-4-10(17)14(18)15(12)19/h2-7H,1H2,(H,23,26). The van der Waals surface area contributed by atoms with Crippen LogP contribution < -0.4 is 5.32 Å². The van der Waals surface area contributed by atoms with Crippen molar-refractivity contribution in [3.05, 3.63) is 66.0 Å². The number of nitrogens with zero attached hydrogens (tertiary/aromatic N) is 2. The van der Waals surface area contributed by atoms with Crippen LogP contribution in [0.2, 0.25) is 0 Å². The second-order valence-corrected chi connectivity index (χ2v) is 4.82. The second-order valence-electron chi connectivity index (χ2n) is 4.82. The molecule has 0 saturated heterocycles.